The van der Waals surface area contributed by atoms with Crippen LogP contribution in [0.3, 0.4) is 0 Å². The fraction of sp³-hybridized carbons (Fsp3) is 0.394. The zero-order valence-corrected chi connectivity index (χ0v) is 26.3. The number of carbonyl (C=O) groups excluding carboxylic acids is 2. The number of hydrogen-bond acceptors (Lipinski definition) is 4. The van der Waals surface area contributed by atoms with Gasteiger partial charge in [-0.2, -0.15) is 0 Å². The maximum atomic E-state index is 14.1. The maximum absolute atomic E-state index is 14.1. The summed E-state index contributed by atoms with van der Waals surface area (Å²) in [7, 11) is -4.11. The van der Waals surface area contributed by atoms with Crippen LogP contribution in [0.15, 0.2) is 77.7 Å². The Labute approximate surface area is 254 Å². The van der Waals surface area contributed by atoms with Gasteiger partial charge in [0.1, 0.15) is 12.6 Å². The van der Waals surface area contributed by atoms with Gasteiger partial charge in [0.05, 0.1) is 10.6 Å². The molecule has 0 aliphatic heterocycles. The minimum Gasteiger partial charge on any atom is -0.352 e. The van der Waals surface area contributed by atoms with E-state index in [9.17, 15) is 18.0 Å². The number of hydrogen-bond donors (Lipinski definition) is 1. The molecule has 1 atom stereocenters. The lowest BCUT2D eigenvalue weighted by Gasteiger charge is -2.32. The van der Waals surface area contributed by atoms with Crippen molar-refractivity contribution in [3.05, 3.63) is 94.5 Å². The average Bonchev–Trinajstić information content (AvgIpc) is 3.47. The molecule has 2 amide bonds. The van der Waals surface area contributed by atoms with E-state index in [0.717, 1.165) is 46.7 Å². The van der Waals surface area contributed by atoms with E-state index in [1.165, 1.54) is 4.90 Å². The van der Waals surface area contributed by atoms with Crippen molar-refractivity contribution in [2.45, 2.75) is 82.8 Å². The van der Waals surface area contributed by atoms with E-state index in [0.29, 0.717) is 10.7 Å². The quantitative estimate of drug-likeness (QED) is 0.271. The molecule has 9 heteroatoms. The summed E-state index contributed by atoms with van der Waals surface area (Å²) in [5.41, 5.74) is 3.09. The van der Waals surface area contributed by atoms with Gasteiger partial charge >= 0.3 is 0 Å². The zero-order valence-electron chi connectivity index (χ0n) is 24.7. The zero-order chi connectivity index (χ0) is 30.4. The van der Waals surface area contributed by atoms with E-state index >= 15 is 0 Å². The molecule has 1 aliphatic rings. The monoisotopic (exact) mass is 609 g/mol. The number of amides is 2. The van der Waals surface area contributed by atoms with Gasteiger partial charge in [-0.1, -0.05) is 80.3 Å². The van der Waals surface area contributed by atoms with Crippen molar-refractivity contribution in [2.75, 3.05) is 10.8 Å². The topological polar surface area (TPSA) is 86.8 Å². The molecule has 0 spiro atoms. The third kappa shape index (κ3) is 7.72. The molecule has 1 N–H and O–H groups in total. The minimum atomic E-state index is -4.11. The Morgan fingerprint density at radius 3 is 2.19 bits per heavy atom. The lowest BCUT2D eigenvalue weighted by atomic mass is 10.0. The predicted molar refractivity (Wildman–Crippen MR) is 168 cm³/mol. The van der Waals surface area contributed by atoms with Crippen LogP contribution in [0, 0.1) is 6.92 Å². The van der Waals surface area contributed by atoms with E-state index in [-0.39, 0.29) is 29.3 Å². The third-order valence-corrected chi connectivity index (χ3v) is 9.87. The fourth-order valence-corrected chi connectivity index (χ4v) is 6.83. The maximum Gasteiger partial charge on any atom is 0.264 e. The van der Waals surface area contributed by atoms with Crippen LogP contribution in [0.1, 0.15) is 69.1 Å². The summed E-state index contributed by atoms with van der Waals surface area (Å²) in [6.07, 6.45) is 3.95. The summed E-state index contributed by atoms with van der Waals surface area (Å²) in [6.45, 7) is 7.31. The van der Waals surface area contributed by atoms with Gasteiger partial charge in [-0.25, -0.2) is 8.42 Å². The first kappa shape index (κ1) is 31.6. The molecule has 0 aromatic heterocycles. The molecule has 0 bridgehead atoms. The van der Waals surface area contributed by atoms with Crippen LogP contribution < -0.4 is 9.62 Å². The van der Waals surface area contributed by atoms with E-state index < -0.39 is 28.5 Å². The van der Waals surface area contributed by atoms with Crippen LogP contribution in [0.5, 0.6) is 0 Å². The molecule has 7 nitrogen and oxygen atoms in total. The molecular formula is C33H40ClN3O4S. The molecular weight excluding hydrogens is 570 g/mol. The van der Waals surface area contributed by atoms with Gasteiger partial charge < -0.3 is 10.2 Å². The summed E-state index contributed by atoms with van der Waals surface area (Å²) in [4.78, 5) is 29.0. The Bertz CT molecular complexity index is 1480. The third-order valence-electron chi connectivity index (χ3n) is 7.85. The van der Waals surface area contributed by atoms with E-state index in [4.69, 9.17) is 11.6 Å². The summed E-state index contributed by atoms with van der Waals surface area (Å²) in [6, 6.07) is 20.1. The summed E-state index contributed by atoms with van der Waals surface area (Å²) in [5, 5.41) is 3.59. The standard InChI is InChI=1S/C33H40ClN3O4S/c1-23(2)27-14-16-30(17-15-27)37(42(40,41)31-18-12-24(3)13-19-31)22-32(38)36(21-26-8-7-9-28(34)20-26)25(4)33(39)35-29-10-5-6-11-29/h7-9,12-20,23,25,29H,5-6,10-11,21-22H2,1-4H3,(H,35,39)/t25-/m1/s1. The first-order chi connectivity index (χ1) is 20.0. The number of sulfonamides is 1. The van der Waals surface area contributed by atoms with Gasteiger partial charge in [-0.05, 0) is 80.1 Å². The molecule has 0 saturated heterocycles. The lowest BCUT2D eigenvalue weighted by molar-refractivity contribution is -0.139. The molecule has 0 radical (unpaired) electrons. The van der Waals surface area contributed by atoms with Crippen molar-refractivity contribution in [3.8, 4) is 0 Å². The van der Waals surface area contributed by atoms with E-state index in [2.05, 4.69) is 19.2 Å². The van der Waals surface area contributed by atoms with Crippen molar-refractivity contribution >= 4 is 39.1 Å². The van der Waals surface area contributed by atoms with Gasteiger partial charge in [0.2, 0.25) is 11.8 Å². The highest BCUT2D eigenvalue weighted by molar-refractivity contribution is 7.92. The molecule has 1 saturated carbocycles. The number of halogens is 1. The van der Waals surface area contributed by atoms with Crippen molar-refractivity contribution in [2.24, 2.45) is 0 Å². The Hall–Kier alpha value is -3.36. The summed E-state index contributed by atoms with van der Waals surface area (Å²) in [5.74, 6) is -0.491. The van der Waals surface area contributed by atoms with Crippen LogP contribution >= 0.6 is 11.6 Å². The highest BCUT2D eigenvalue weighted by atomic mass is 35.5. The molecule has 3 aromatic carbocycles. The number of aryl methyl sites for hydroxylation is 1. The Morgan fingerprint density at radius 2 is 1.60 bits per heavy atom. The molecule has 0 unspecified atom stereocenters. The number of nitrogens with zero attached hydrogens (tertiary/aromatic N) is 2. The van der Waals surface area contributed by atoms with Gasteiger partial charge in [0.25, 0.3) is 10.0 Å². The number of nitrogens with one attached hydrogen (secondary N) is 1. The van der Waals surface area contributed by atoms with Crippen LogP contribution in [0.25, 0.3) is 0 Å². The van der Waals surface area contributed by atoms with Crippen LogP contribution in [-0.4, -0.2) is 43.8 Å². The first-order valence-electron chi connectivity index (χ1n) is 14.5. The number of benzene rings is 3. The van der Waals surface area contributed by atoms with Crippen molar-refractivity contribution in [1.82, 2.24) is 10.2 Å². The molecule has 0 heterocycles. The molecule has 1 aliphatic carbocycles. The lowest BCUT2D eigenvalue weighted by Crippen LogP contribution is -2.52. The van der Waals surface area contributed by atoms with Crippen LogP contribution in [0.4, 0.5) is 5.69 Å². The Morgan fingerprint density at radius 1 is 0.952 bits per heavy atom. The smallest absolute Gasteiger partial charge is 0.264 e. The Balaban J connectivity index is 1.70. The van der Waals surface area contributed by atoms with Gasteiger partial charge in [-0.15, -0.1) is 0 Å². The van der Waals surface area contributed by atoms with Crippen molar-refractivity contribution < 1.29 is 18.0 Å². The predicted octanol–water partition coefficient (Wildman–Crippen LogP) is 6.44. The second kappa shape index (κ2) is 13.7. The van der Waals surface area contributed by atoms with Crippen LogP contribution in [-0.2, 0) is 26.2 Å². The largest absolute Gasteiger partial charge is 0.352 e. The fourth-order valence-electron chi connectivity index (χ4n) is 5.20. The first-order valence-corrected chi connectivity index (χ1v) is 16.3. The van der Waals surface area contributed by atoms with E-state index in [1.807, 2.05) is 25.1 Å². The van der Waals surface area contributed by atoms with Gasteiger partial charge in [0, 0.05) is 17.6 Å². The molecule has 1 fully saturated rings. The van der Waals surface area contributed by atoms with Gasteiger partial charge in [-0.3, -0.25) is 13.9 Å². The van der Waals surface area contributed by atoms with Crippen molar-refractivity contribution in [1.29, 1.82) is 0 Å². The summed E-state index contributed by atoms with van der Waals surface area (Å²) < 4.78 is 29.2. The van der Waals surface area contributed by atoms with Crippen molar-refractivity contribution in [3.63, 3.8) is 0 Å². The number of rotatable bonds is 11. The normalized spacial score (nSPS) is 14.5. The molecule has 3 aromatic rings. The SMILES string of the molecule is Cc1ccc(S(=O)(=O)N(CC(=O)N(Cc2cccc(Cl)c2)[C@H](C)C(=O)NC2CCCC2)c2ccc(C(C)C)cc2)cc1. The second-order valence-electron chi connectivity index (χ2n) is 11.4. The van der Waals surface area contributed by atoms with Crippen LogP contribution in [0.2, 0.25) is 5.02 Å². The highest BCUT2D eigenvalue weighted by Gasteiger charge is 2.33. The molecule has 42 heavy (non-hydrogen) atoms. The van der Waals surface area contributed by atoms with E-state index in [1.54, 1.807) is 61.5 Å². The second-order valence-corrected chi connectivity index (χ2v) is 13.7. The highest BCUT2D eigenvalue weighted by Crippen LogP contribution is 2.27. The Kier molecular flexibility index (Phi) is 10.3. The number of anilines is 1. The average molecular weight is 610 g/mol. The molecule has 224 valence electrons. The minimum absolute atomic E-state index is 0.0842. The molecule has 4 rings (SSSR count). The van der Waals surface area contributed by atoms with Gasteiger partial charge in [0.15, 0.2) is 0 Å². The summed E-state index contributed by atoms with van der Waals surface area (Å²) >= 11 is 6.23. The number of carbonyl (C=O) groups is 2.